The number of nitro groups is 1. The number of hydrogen-bond acceptors (Lipinski definition) is 10. The van der Waals surface area contributed by atoms with Gasteiger partial charge in [0.25, 0.3) is 0 Å². The van der Waals surface area contributed by atoms with Crippen LogP contribution in [0.3, 0.4) is 0 Å². The van der Waals surface area contributed by atoms with Gasteiger partial charge in [0.2, 0.25) is 5.82 Å². The van der Waals surface area contributed by atoms with Gasteiger partial charge < -0.3 is 18.8 Å². The van der Waals surface area contributed by atoms with E-state index in [1.165, 1.54) is 12.6 Å². The van der Waals surface area contributed by atoms with Crippen LogP contribution in [0.4, 0.5) is 11.5 Å². The van der Waals surface area contributed by atoms with Crippen molar-refractivity contribution in [3.05, 3.63) is 70.4 Å². The van der Waals surface area contributed by atoms with Crippen molar-refractivity contribution in [2.75, 3.05) is 18.1 Å². The standard InChI is InChI=1S/C26H28N4O7/c1-2-35-23(32)13-14-29(16-22-4-3-15-36-22)25-24(30(33)34)26(28-17-27-25)37-21-11-7-19(8-12-21)18-5-9-20(31)10-6-18/h3-4,7-8,11-12,15,17-18H,2,5-6,9-10,13-14,16H2,1H3. The number of furan rings is 1. The zero-order valence-corrected chi connectivity index (χ0v) is 20.5. The first-order chi connectivity index (χ1) is 17.9. The number of benzene rings is 1. The molecule has 1 aromatic carbocycles. The predicted octanol–water partition coefficient (Wildman–Crippen LogP) is 4.96. The maximum absolute atomic E-state index is 12.1. The van der Waals surface area contributed by atoms with Gasteiger partial charge in [-0.2, -0.15) is 4.98 Å². The second kappa shape index (κ2) is 12.1. The van der Waals surface area contributed by atoms with Gasteiger partial charge in [-0.25, -0.2) is 4.98 Å². The Labute approximate surface area is 213 Å². The number of hydrogen-bond donors (Lipinski definition) is 0. The number of rotatable bonds is 11. The SMILES string of the molecule is CCOC(=O)CCN(Cc1ccco1)c1ncnc(Oc2ccc(C3CCC(=O)CC3)cc2)c1[N+](=O)[O-]. The van der Waals surface area contributed by atoms with E-state index in [4.69, 9.17) is 13.9 Å². The van der Waals surface area contributed by atoms with Crippen molar-refractivity contribution < 1.29 is 28.4 Å². The molecule has 37 heavy (non-hydrogen) atoms. The van der Waals surface area contributed by atoms with Gasteiger partial charge in [0, 0.05) is 19.4 Å². The number of anilines is 1. The van der Waals surface area contributed by atoms with Crippen LogP contribution in [0.15, 0.2) is 53.4 Å². The molecule has 2 heterocycles. The fourth-order valence-electron chi connectivity index (χ4n) is 4.32. The quantitative estimate of drug-likeness (QED) is 0.198. The van der Waals surface area contributed by atoms with E-state index in [9.17, 15) is 19.7 Å². The number of aromatic nitrogens is 2. The van der Waals surface area contributed by atoms with Crippen LogP contribution in [0.25, 0.3) is 0 Å². The highest BCUT2D eigenvalue weighted by Gasteiger charge is 2.30. The fraction of sp³-hybridized carbons (Fsp3) is 0.385. The summed E-state index contributed by atoms with van der Waals surface area (Å²) in [5.41, 5.74) is 0.675. The van der Waals surface area contributed by atoms with Crippen LogP contribution in [0.5, 0.6) is 11.6 Å². The van der Waals surface area contributed by atoms with Crippen LogP contribution in [-0.4, -0.2) is 39.8 Å². The molecular formula is C26H28N4O7. The zero-order chi connectivity index (χ0) is 26.2. The molecule has 11 nitrogen and oxygen atoms in total. The van der Waals surface area contributed by atoms with E-state index in [0.29, 0.717) is 36.1 Å². The smallest absolute Gasteiger partial charge is 0.373 e. The number of Topliss-reactive ketones (excluding diaryl/α,β-unsaturated/α-hetero) is 1. The summed E-state index contributed by atoms with van der Waals surface area (Å²) in [5.74, 6) is 0.882. The van der Waals surface area contributed by atoms with Gasteiger partial charge in [-0.15, -0.1) is 0 Å². The Hall–Kier alpha value is -4.28. The van der Waals surface area contributed by atoms with Gasteiger partial charge >= 0.3 is 17.5 Å². The van der Waals surface area contributed by atoms with Gasteiger partial charge in [0.05, 0.1) is 30.8 Å². The highest BCUT2D eigenvalue weighted by Crippen LogP contribution is 2.38. The lowest BCUT2D eigenvalue weighted by atomic mass is 9.83. The monoisotopic (exact) mass is 508 g/mol. The van der Waals surface area contributed by atoms with E-state index in [0.717, 1.165) is 18.4 Å². The molecule has 0 saturated heterocycles. The third-order valence-electron chi connectivity index (χ3n) is 6.18. The molecule has 0 unspecified atom stereocenters. The van der Waals surface area contributed by atoms with E-state index >= 15 is 0 Å². The average molecular weight is 509 g/mol. The first-order valence-corrected chi connectivity index (χ1v) is 12.2. The summed E-state index contributed by atoms with van der Waals surface area (Å²) in [6.45, 7) is 2.19. The molecular weight excluding hydrogens is 480 g/mol. The first kappa shape index (κ1) is 25.8. The number of carbonyl (C=O) groups is 2. The van der Waals surface area contributed by atoms with Crippen molar-refractivity contribution in [1.82, 2.24) is 9.97 Å². The van der Waals surface area contributed by atoms with Crippen molar-refractivity contribution >= 4 is 23.3 Å². The van der Waals surface area contributed by atoms with E-state index in [1.807, 2.05) is 12.1 Å². The Morgan fingerprint density at radius 1 is 1.19 bits per heavy atom. The summed E-state index contributed by atoms with van der Waals surface area (Å²) in [6, 6.07) is 10.7. The maximum Gasteiger partial charge on any atom is 0.373 e. The second-order valence-corrected chi connectivity index (χ2v) is 8.65. The molecule has 2 aromatic heterocycles. The predicted molar refractivity (Wildman–Crippen MR) is 132 cm³/mol. The summed E-state index contributed by atoms with van der Waals surface area (Å²) < 4.78 is 16.2. The Balaban J connectivity index is 1.58. The van der Waals surface area contributed by atoms with Gasteiger partial charge in [0.15, 0.2) is 0 Å². The average Bonchev–Trinajstić information content (AvgIpc) is 3.41. The normalized spacial score (nSPS) is 13.8. The molecule has 11 heteroatoms. The van der Waals surface area contributed by atoms with Crippen molar-refractivity contribution in [1.29, 1.82) is 0 Å². The lowest BCUT2D eigenvalue weighted by Gasteiger charge is -2.22. The van der Waals surface area contributed by atoms with Crippen molar-refractivity contribution in [2.45, 2.75) is 51.5 Å². The molecule has 0 N–H and O–H groups in total. The summed E-state index contributed by atoms with van der Waals surface area (Å²) in [7, 11) is 0. The van der Waals surface area contributed by atoms with Crippen LogP contribution in [-0.2, 0) is 20.9 Å². The minimum atomic E-state index is -0.600. The van der Waals surface area contributed by atoms with Crippen LogP contribution < -0.4 is 9.64 Å². The first-order valence-electron chi connectivity index (χ1n) is 12.2. The minimum Gasteiger partial charge on any atom is -0.467 e. The topological polar surface area (TPSA) is 138 Å². The maximum atomic E-state index is 12.1. The Kier molecular flexibility index (Phi) is 8.44. The van der Waals surface area contributed by atoms with Crippen molar-refractivity contribution in [3.8, 4) is 11.6 Å². The van der Waals surface area contributed by atoms with E-state index < -0.39 is 16.6 Å². The van der Waals surface area contributed by atoms with Gasteiger partial charge in [-0.05, 0) is 55.5 Å². The van der Waals surface area contributed by atoms with Crippen molar-refractivity contribution in [2.24, 2.45) is 0 Å². The molecule has 1 fully saturated rings. The highest BCUT2D eigenvalue weighted by molar-refractivity contribution is 5.79. The Morgan fingerprint density at radius 3 is 2.59 bits per heavy atom. The molecule has 0 atom stereocenters. The summed E-state index contributed by atoms with van der Waals surface area (Å²) >= 11 is 0. The fourth-order valence-corrected chi connectivity index (χ4v) is 4.32. The van der Waals surface area contributed by atoms with Crippen LogP contribution >= 0.6 is 0 Å². The molecule has 0 aliphatic heterocycles. The van der Waals surface area contributed by atoms with Crippen LogP contribution in [0.1, 0.15) is 56.3 Å². The van der Waals surface area contributed by atoms with Crippen LogP contribution in [0, 0.1) is 10.1 Å². The third kappa shape index (κ3) is 6.69. The second-order valence-electron chi connectivity index (χ2n) is 8.65. The van der Waals surface area contributed by atoms with Gasteiger partial charge in [-0.1, -0.05) is 12.1 Å². The largest absolute Gasteiger partial charge is 0.467 e. The van der Waals surface area contributed by atoms with Crippen LogP contribution in [0.2, 0.25) is 0 Å². The molecule has 3 aromatic rings. The molecule has 1 aliphatic carbocycles. The number of ketones is 1. The number of carbonyl (C=O) groups excluding carboxylic acids is 2. The van der Waals surface area contributed by atoms with Gasteiger partial charge in [-0.3, -0.25) is 19.7 Å². The van der Waals surface area contributed by atoms with E-state index in [-0.39, 0.29) is 37.8 Å². The summed E-state index contributed by atoms with van der Waals surface area (Å²) in [6.07, 6.45) is 5.49. The molecule has 1 aliphatic rings. The van der Waals surface area contributed by atoms with E-state index in [2.05, 4.69) is 9.97 Å². The number of esters is 1. The molecule has 0 radical (unpaired) electrons. The zero-order valence-electron chi connectivity index (χ0n) is 20.5. The minimum absolute atomic E-state index is 0.000121. The lowest BCUT2D eigenvalue weighted by Crippen LogP contribution is -2.28. The molecule has 0 bridgehead atoms. The lowest BCUT2D eigenvalue weighted by molar-refractivity contribution is -0.385. The summed E-state index contributed by atoms with van der Waals surface area (Å²) in [5, 5.41) is 12.1. The third-order valence-corrected chi connectivity index (χ3v) is 6.18. The molecule has 194 valence electrons. The summed E-state index contributed by atoms with van der Waals surface area (Å²) in [4.78, 5) is 44.8. The Morgan fingerprint density at radius 2 is 1.95 bits per heavy atom. The van der Waals surface area contributed by atoms with Gasteiger partial charge in [0.1, 0.15) is 23.6 Å². The molecule has 0 spiro atoms. The highest BCUT2D eigenvalue weighted by atomic mass is 16.6. The van der Waals surface area contributed by atoms with E-state index in [1.54, 1.807) is 36.1 Å². The number of ether oxygens (including phenoxy) is 2. The molecule has 0 amide bonds. The Bertz CT molecular complexity index is 1220. The van der Waals surface area contributed by atoms with Crippen molar-refractivity contribution in [3.63, 3.8) is 0 Å². The molecule has 1 saturated carbocycles. The molecule has 4 rings (SSSR count). The number of nitrogens with zero attached hydrogens (tertiary/aromatic N) is 4.